The van der Waals surface area contributed by atoms with E-state index >= 15 is 0 Å². The fourth-order valence-corrected chi connectivity index (χ4v) is 18.1. The number of fused-ring (bicyclic) bond motifs is 12. The summed E-state index contributed by atoms with van der Waals surface area (Å²) in [7, 11) is 6.40. The van der Waals surface area contributed by atoms with Crippen LogP contribution in [0.4, 0.5) is 35.1 Å². The van der Waals surface area contributed by atoms with Crippen molar-refractivity contribution in [3.63, 3.8) is 0 Å². The molecule has 0 radical (unpaired) electrons. The minimum absolute atomic E-state index is 0.00384. The van der Waals surface area contributed by atoms with Crippen molar-refractivity contribution in [2.45, 2.75) is 69.9 Å². The van der Waals surface area contributed by atoms with Crippen LogP contribution in [0.2, 0.25) is 0 Å². The Morgan fingerprint density at radius 2 is 0.591 bits per heavy atom. The van der Waals surface area contributed by atoms with Gasteiger partial charge in [0, 0.05) is 109 Å². The summed E-state index contributed by atoms with van der Waals surface area (Å²) in [5.41, 5.74) is 17.3. The van der Waals surface area contributed by atoms with Gasteiger partial charge in [0.25, 0.3) is 23.6 Å². The van der Waals surface area contributed by atoms with Gasteiger partial charge in [-0.1, -0.05) is 163 Å². The monoisotopic (exact) mass is 1710 g/mol. The number of benzene rings is 12. The van der Waals surface area contributed by atoms with Gasteiger partial charge < -0.3 is 58.5 Å². The van der Waals surface area contributed by atoms with E-state index in [0.29, 0.717) is 55.2 Å². The first kappa shape index (κ1) is 84.5. The molecule has 0 aliphatic carbocycles. The van der Waals surface area contributed by atoms with E-state index in [-0.39, 0.29) is 36.0 Å². The number of carbonyl (C=O) groups is 4. The molecule has 0 fully saturated rings. The number of ether oxygens (including phenoxy) is 4. The van der Waals surface area contributed by atoms with Gasteiger partial charge in [0.1, 0.15) is 28.6 Å². The summed E-state index contributed by atoms with van der Waals surface area (Å²) in [6.07, 6.45) is -1.91. The first-order chi connectivity index (χ1) is 61.5. The van der Waals surface area contributed by atoms with Crippen LogP contribution in [0.25, 0.3) is 43.6 Å². The van der Waals surface area contributed by atoms with Crippen molar-refractivity contribution in [3.05, 3.63) is 402 Å². The Labute approximate surface area is 725 Å². The highest BCUT2D eigenvalue weighted by molar-refractivity contribution is 5.99. The van der Waals surface area contributed by atoms with Gasteiger partial charge in [-0.3, -0.25) is 19.2 Å². The molecule has 0 bridgehead atoms. The van der Waals surface area contributed by atoms with Crippen LogP contribution in [0.5, 0.6) is 23.0 Å². The summed E-state index contributed by atoms with van der Waals surface area (Å²) in [4.78, 5) is 74.7. The van der Waals surface area contributed by atoms with E-state index < -0.39 is 70.3 Å². The number of hydrogen-bond donors (Lipinski definition) is 4. The van der Waals surface area contributed by atoms with E-state index in [4.69, 9.17) is 18.9 Å². The summed E-state index contributed by atoms with van der Waals surface area (Å²) in [5.74, 6) is -9.71. The second-order valence-electron chi connectivity index (χ2n) is 31.7. The number of aromatic nitrogens is 4. The topological polar surface area (TPSA) is 181 Å². The number of carbonyl (C=O) groups excluding carboxylic acids is 4. The SMILES string of the molecule is COc1ccc(C2c3[nH]c4ccccc4c3CCN2C(=O)c2c(F)c(F)c(F)c(F)c2F)cc1.COc1ccc(C2c3[nH]c4ccccc4c3CCN2C(=O)c2ccc(C)cc2)cc1.COc1ccc(C2c3[nH]c4ccccc4c3CCN2C(=O)c2cccc(C(F)(F)F)c2)cc1.COc1ccc(C2c3[nH]c4ccccc4c3CCN2C(=O)c2cccc(C)c2)cc1. The molecule has 12 aromatic carbocycles. The van der Waals surface area contributed by atoms with Gasteiger partial charge in [0.05, 0.1) is 58.2 Å². The van der Waals surface area contributed by atoms with Crippen molar-refractivity contribution in [2.24, 2.45) is 0 Å². The van der Waals surface area contributed by atoms with Gasteiger partial charge in [0.15, 0.2) is 23.3 Å². The number of H-pyrrole nitrogens is 4. The second kappa shape index (κ2) is 35.5. The number of aryl methyl sites for hydroxylation is 2. The molecule has 0 saturated carbocycles. The lowest BCUT2D eigenvalue weighted by molar-refractivity contribution is -0.137. The van der Waals surface area contributed by atoms with Crippen LogP contribution >= 0.6 is 0 Å². The van der Waals surface area contributed by atoms with E-state index in [1.807, 2.05) is 181 Å². The quantitative estimate of drug-likeness (QED) is 0.0530. The highest BCUT2D eigenvalue weighted by Gasteiger charge is 2.43. The van der Waals surface area contributed by atoms with Gasteiger partial charge in [-0.2, -0.15) is 13.2 Å². The van der Waals surface area contributed by atoms with Crippen LogP contribution in [0.15, 0.2) is 267 Å². The van der Waals surface area contributed by atoms with Gasteiger partial charge in [-0.05, 0) is 199 Å². The maximum Gasteiger partial charge on any atom is 0.416 e. The molecule has 0 saturated heterocycles. The molecule has 4 aliphatic heterocycles. The lowest BCUT2D eigenvalue weighted by Gasteiger charge is -2.36. The average Bonchev–Trinajstić information content (AvgIpc) is 1.65. The fourth-order valence-electron chi connectivity index (χ4n) is 18.1. The molecule has 4 aromatic heterocycles. The van der Waals surface area contributed by atoms with Crippen LogP contribution in [-0.2, 0) is 31.9 Å². The molecule has 16 aromatic rings. The normalized spacial score (nSPS) is 15.8. The molecule has 0 spiro atoms. The van der Waals surface area contributed by atoms with Crippen molar-refractivity contribution in [2.75, 3.05) is 54.6 Å². The Morgan fingerprint density at radius 3 is 0.898 bits per heavy atom. The summed E-state index contributed by atoms with van der Waals surface area (Å²) >= 11 is 0. The third-order valence-corrected chi connectivity index (χ3v) is 24.3. The number of methoxy groups -OCH3 is 4. The molecule has 8 heterocycles. The van der Waals surface area contributed by atoms with Crippen molar-refractivity contribution in [1.29, 1.82) is 0 Å². The average molecular weight is 1720 g/mol. The highest BCUT2D eigenvalue weighted by Crippen LogP contribution is 2.46. The number of halogens is 8. The lowest BCUT2D eigenvalue weighted by atomic mass is 9.91. The molecule has 24 heteroatoms. The van der Waals surface area contributed by atoms with Crippen molar-refractivity contribution in [1.82, 2.24) is 39.5 Å². The molecular weight excluding hydrogens is 1630 g/mol. The first-order valence-corrected chi connectivity index (χ1v) is 41.5. The van der Waals surface area contributed by atoms with E-state index in [2.05, 4.69) is 80.6 Å². The molecule has 127 heavy (non-hydrogen) atoms. The number of nitrogens with zero attached hydrogens (tertiary/aromatic N) is 4. The summed E-state index contributed by atoms with van der Waals surface area (Å²) < 4.78 is 131. The van der Waals surface area contributed by atoms with Crippen LogP contribution in [0.1, 0.15) is 150 Å². The van der Waals surface area contributed by atoms with Gasteiger partial charge in [-0.25, -0.2) is 22.0 Å². The van der Waals surface area contributed by atoms with Gasteiger partial charge in [-0.15, -0.1) is 0 Å². The number of amides is 4. The Morgan fingerprint density at radius 1 is 0.307 bits per heavy atom. The third kappa shape index (κ3) is 16.3. The maximum atomic E-state index is 14.5. The first-order valence-electron chi connectivity index (χ1n) is 41.5. The smallest absolute Gasteiger partial charge is 0.416 e. The summed E-state index contributed by atoms with van der Waals surface area (Å²) in [6, 6.07) is 80.9. The molecule has 4 N–H and O–H groups in total. The van der Waals surface area contributed by atoms with E-state index in [0.717, 1.165) is 141 Å². The zero-order valence-corrected chi connectivity index (χ0v) is 69.9. The zero-order valence-electron chi connectivity index (χ0n) is 69.9. The van der Waals surface area contributed by atoms with Crippen LogP contribution in [0.3, 0.4) is 0 Å². The predicted octanol–water partition coefficient (Wildman–Crippen LogP) is 22.2. The predicted molar refractivity (Wildman–Crippen MR) is 472 cm³/mol. The fraction of sp³-hybridized carbons (Fsp3) is 0.184. The Hall–Kier alpha value is -14.7. The zero-order chi connectivity index (χ0) is 88.6. The molecular formula is C103H86F8N8O8. The largest absolute Gasteiger partial charge is 0.497 e. The summed E-state index contributed by atoms with van der Waals surface area (Å²) in [5, 5.41) is 4.51. The second-order valence-corrected chi connectivity index (χ2v) is 31.7. The number of hydrogen-bond acceptors (Lipinski definition) is 8. The van der Waals surface area contributed by atoms with Crippen molar-refractivity contribution in [3.8, 4) is 23.0 Å². The number of rotatable bonds is 12. The number of aromatic amines is 4. The van der Waals surface area contributed by atoms with E-state index in [9.17, 15) is 54.3 Å². The van der Waals surface area contributed by atoms with Crippen molar-refractivity contribution < 1.29 is 73.2 Å². The van der Waals surface area contributed by atoms with Crippen LogP contribution in [-0.4, -0.2) is 118 Å². The van der Waals surface area contributed by atoms with Crippen LogP contribution < -0.4 is 18.9 Å². The van der Waals surface area contributed by atoms with E-state index in [1.165, 1.54) is 41.1 Å². The Balaban J connectivity index is 0.000000119. The van der Waals surface area contributed by atoms with Crippen molar-refractivity contribution >= 4 is 67.2 Å². The standard InChI is InChI=1S/C26H21F3N2O2.2C26H24N2O2.C25H17F5N2O2/c1-33-19-11-9-16(10-12-19)24-23-21(20-7-2-3-8-22(20)30-23)13-14-31(24)25(32)17-5-4-6-18(15-17)26(27,28)29;1-17-6-5-7-19(16-17)26(29)28-15-14-22-21-8-3-4-9-23(21)27-24(22)25(28)18-10-12-20(30-2)13-11-18;1-17-7-9-19(10-8-17)26(29)28-16-15-22-21-5-3-4-6-23(21)27-24(22)25(28)18-11-13-20(30-2)14-12-18;1-34-13-8-6-12(7-9-13)24-23-15(14-4-2-3-5-16(14)31-23)10-11-32(24)25(33)17-18(26)20(28)22(30)21(29)19(17)27/h2-12,15,24,30H,13-14H2,1H3;3-13,16,25,27H,14-15H2,1-2H3;3-14,25,27H,15-16H2,1-2H3;2-9,24,31H,10-11H2,1H3. The summed E-state index contributed by atoms with van der Waals surface area (Å²) in [6.45, 7) is 5.80. The molecule has 4 unspecified atom stereocenters. The number of para-hydroxylation sites is 4. The molecule has 4 atom stereocenters. The molecule has 642 valence electrons. The molecule has 4 aliphatic rings. The Kier molecular flexibility index (Phi) is 23.6. The van der Waals surface area contributed by atoms with Gasteiger partial charge in [0.2, 0.25) is 5.82 Å². The van der Waals surface area contributed by atoms with Crippen LogP contribution in [0, 0.1) is 42.9 Å². The number of alkyl halides is 3. The number of nitrogens with one attached hydrogen (secondary N) is 4. The lowest BCUT2D eigenvalue weighted by Crippen LogP contribution is -2.41. The maximum absolute atomic E-state index is 14.5. The molecule has 20 rings (SSSR count). The molecule has 16 nitrogen and oxygen atoms in total. The highest BCUT2D eigenvalue weighted by atomic mass is 19.4. The third-order valence-electron chi connectivity index (χ3n) is 24.3. The Bertz CT molecular complexity index is 6800. The minimum Gasteiger partial charge on any atom is -0.497 e. The van der Waals surface area contributed by atoms with E-state index in [1.54, 1.807) is 50.5 Å². The van der Waals surface area contributed by atoms with Gasteiger partial charge >= 0.3 is 6.18 Å². The molecule has 4 amide bonds. The minimum atomic E-state index is -4.52.